The van der Waals surface area contributed by atoms with Crippen LogP contribution in [-0.2, 0) is 18.9 Å². The zero-order valence-electron chi connectivity index (χ0n) is 9.73. The van der Waals surface area contributed by atoms with Crippen molar-refractivity contribution in [3.8, 4) is 0 Å². The number of aliphatic hydroxyl groups is 1. The Labute approximate surface area is 90.3 Å². The molecule has 15 heavy (non-hydrogen) atoms. The maximum absolute atomic E-state index is 9.41. The van der Waals surface area contributed by atoms with Crippen molar-refractivity contribution in [3.05, 3.63) is 0 Å². The lowest BCUT2D eigenvalue weighted by Crippen LogP contribution is -2.46. The molecule has 0 aliphatic carbocycles. The minimum absolute atomic E-state index is 0.117. The number of methoxy groups -OCH3 is 2. The van der Waals surface area contributed by atoms with Gasteiger partial charge in [-0.15, -0.1) is 0 Å². The van der Waals surface area contributed by atoms with Crippen LogP contribution < -0.4 is 0 Å². The van der Waals surface area contributed by atoms with E-state index in [1.54, 1.807) is 14.2 Å². The van der Waals surface area contributed by atoms with E-state index in [0.717, 1.165) is 0 Å². The average Bonchev–Trinajstić information content (AvgIpc) is 2.20. The molecule has 1 heterocycles. The Morgan fingerprint density at radius 1 is 1.33 bits per heavy atom. The first-order valence-corrected chi connectivity index (χ1v) is 5.04. The highest BCUT2D eigenvalue weighted by Crippen LogP contribution is 2.22. The fourth-order valence-corrected chi connectivity index (χ4v) is 1.50. The van der Waals surface area contributed by atoms with Gasteiger partial charge in [0.15, 0.2) is 12.1 Å². The quantitative estimate of drug-likeness (QED) is 0.699. The summed E-state index contributed by atoms with van der Waals surface area (Å²) in [7, 11) is 3.13. The molecule has 0 aromatic heterocycles. The predicted molar refractivity (Wildman–Crippen MR) is 53.3 cm³/mol. The van der Waals surface area contributed by atoms with Gasteiger partial charge in [0.1, 0.15) is 6.10 Å². The number of hydrogen-bond donors (Lipinski definition) is 1. The van der Waals surface area contributed by atoms with E-state index in [4.69, 9.17) is 18.9 Å². The first kappa shape index (κ1) is 12.9. The lowest BCUT2D eigenvalue weighted by molar-refractivity contribution is -0.280. The maximum Gasteiger partial charge on any atom is 0.181 e. The molecule has 0 amide bonds. The van der Waals surface area contributed by atoms with Gasteiger partial charge in [-0.3, -0.25) is 0 Å². The minimum Gasteiger partial charge on any atom is -0.376 e. The molecule has 0 aromatic rings. The van der Waals surface area contributed by atoms with Gasteiger partial charge in [0.2, 0.25) is 0 Å². The van der Waals surface area contributed by atoms with Crippen molar-refractivity contribution in [1.29, 1.82) is 0 Å². The maximum atomic E-state index is 9.41. The van der Waals surface area contributed by atoms with Gasteiger partial charge in [-0.05, 0) is 13.8 Å². The van der Waals surface area contributed by atoms with Crippen molar-refractivity contribution in [2.24, 2.45) is 0 Å². The summed E-state index contributed by atoms with van der Waals surface area (Å²) in [6, 6.07) is 0. The smallest absolute Gasteiger partial charge is 0.181 e. The minimum atomic E-state index is -0.861. The lowest BCUT2D eigenvalue weighted by atomic mass is 10.1. The molecular formula is C10H20O5. The van der Waals surface area contributed by atoms with Crippen LogP contribution in [0.3, 0.4) is 0 Å². The monoisotopic (exact) mass is 220 g/mol. The fourth-order valence-electron chi connectivity index (χ4n) is 1.50. The molecule has 1 rings (SSSR count). The first-order valence-electron chi connectivity index (χ1n) is 5.04. The second-order valence-corrected chi connectivity index (χ2v) is 4.08. The van der Waals surface area contributed by atoms with E-state index < -0.39 is 12.1 Å². The molecule has 1 fully saturated rings. The summed E-state index contributed by atoms with van der Waals surface area (Å²) in [4.78, 5) is 0. The predicted octanol–water partition coefficient (Wildman–Crippen LogP) is 0.508. The first-order chi connectivity index (χ1) is 6.98. The van der Waals surface area contributed by atoms with Gasteiger partial charge >= 0.3 is 0 Å². The van der Waals surface area contributed by atoms with Crippen molar-refractivity contribution in [2.75, 3.05) is 20.8 Å². The molecule has 0 radical (unpaired) electrons. The third-order valence-electron chi connectivity index (χ3n) is 2.51. The molecule has 3 unspecified atom stereocenters. The zero-order valence-corrected chi connectivity index (χ0v) is 9.73. The molecule has 90 valence electrons. The largest absolute Gasteiger partial charge is 0.376 e. The Hall–Kier alpha value is -0.200. The van der Waals surface area contributed by atoms with Crippen LogP contribution in [0.1, 0.15) is 20.3 Å². The summed E-state index contributed by atoms with van der Waals surface area (Å²) in [6.45, 7) is 4.02. The molecule has 0 bridgehead atoms. The van der Waals surface area contributed by atoms with Crippen LogP contribution in [0.15, 0.2) is 0 Å². The van der Waals surface area contributed by atoms with Crippen LogP contribution in [0.5, 0.6) is 0 Å². The van der Waals surface area contributed by atoms with Crippen molar-refractivity contribution in [1.82, 2.24) is 0 Å². The third kappa shape index (κ3) is 3.70. The van der Waals surface area contributed by atoms with E-state index in [2.05, 4.69) is 0 Å². The fraction of sp³-hybridized carbons (Fsp3) is 1.00. The Kier molecular flexibility index (Phi) is 4.48. The van der Waals surface area contributed by atoms with Crippen molar-refractivity contribution < 1.29 is 24.1 Å². The van der Waals surface area contributed by atoms with Crippen LogP contribution in [0, 0.1) is 0 Å². The van der Waals surface area contributed by atoms with Crippen molar-refractivity contribution >= 4 is 0 Å². The van der Waals surface area contributed by atoms with E-state index >= 15 is 0 Å². The molecule has 1 saturated heterocycles. The second kappa shape index (κ2) is 5.23. The number of ether oxygens (including phenoxy) is 4. The summed E-state index contributed by atoms with van der Waals surface area (Å²) >= 11 is 0. The van der Waals surface area contributed by atoms with E-state index in [0.29, 0.717) is 13.0 Å². The van der Waals surface area contributed by atoms with Crippen LogP contribution in [-0.4, -0.2) is 50.2 Å². The Balaban J connectivity index is 2.45. The highest BCUT2D eigenvalue weighted by atomic mass is 16.7. The molecule has 0 saturated carbocycles. The van der Waals surface area contributed by atoms with Crippen LogP contribution in [0.4, 0.5) is 0 Å². The van der Waals surface area contributed by atoms with E-state index in [1.165, 1.54) is 0 Å². The van der Waals surface area contributed by atoms with Crippen molar-refractivity contribution in [3.63, 3.8) is 0 Å². The zero-order chi connectivity index (χ0) is 11.5. The van der Waals surface area contributed by atoms with E-state index in [-0.39, 0.29) is 12.2 Å². The Bertz CT molecular complexity index is 194. The van der Waals surface area contributed by atoms with Crippen LogP contribution in [0.25, 0.3) is 0 Å². The highest BCUT2D eigenvalue weighted by Gasteiger charge is 2.33. The highest BCUT2D eigenvalue weighted by molar-refractivity contribution is 4.75. The molecule has 1 aliphatic heterocycles. The number of aliphatic hydroxyl groups excluding tert-OH is 1. The molecular weight excluding hydrogens is 200 g/mol. The van der Waals surface area contributed by atoms with Gasteiger partial charge in [-0.25, -0.2) is 0 Å². The Morgan fingerprint density at radius 3 is 2.53 bits per heavy atom. The molecule has 5 nitrogen and oxygen atoms in total. The molecule has 5 heteroatoms. The summed E-state index contributed by atoms with van der Waals surface area (Å²) < 4.78 is 21.0. The van der Waals surface area contributed by atoms with Crippen LogP contribution >= 0.6 is 0 Å². The third-order valence-corrected chi connectivity index (χ3v) is 2.51. The summed E-state index contributed by atoms with van der Waals surface area (Å²) in [5.74, 6) is -0.644. The molecule has 3 atom stereocenters. The summed E-state index contributed by atoms with van der Waals surface area (Å²) in [5, 5.41) is 9.41. The van der Waals surface area contributed by atoms with Gasteiger partial charge < -0.3 is 24.1 Å². The van der Waals surface area contributed by atoms with Gasteiger partial charge in [0.25, 0.3) is 0 Å². The van der Waals surface area contributed by atoms with E-state index in [9.17, 15) is 5.11 Å². The molecule has 0 spiro atoms. The molecule has 1 aliphatic rings. The Morgan fingerprint density at radius 2 is 2.00 bits per heavy atom. The molecule has 1 N–H and O–H groups in total. The van der Waals surface area contributed by atoms with Gasteiger partial charge in [-0.2, -0.15) is 0 Å². The standard InChI is InChI=1S/C10H20O5/c1-10(2,13-4)15-7-5-8(12-3)9(11)14-6-7/h7-9,11H,5-6H2,1-4H3. The normalized spacial score (nSPS) is 33.0. The van der Waals surface area contributed by atoms with E-state index in [1.807, 2.05) is 13.8 Å². The average molecular weight is 220 g/mol. The topological polar surface area (TPSA) is 57.2 Å². The number of hydrogen-bond acceptors (Lipinski definition) is 5. The second-order valence-electron chi connectivity index (χ2n) is 4.08. The van der Waals surface area contributed by atoms with Gasteiger partial charge in [0.05, 0.1) is 12.7 Å². The number of rotatable bonds is 4. The van der Waals surface area contributed by atoms with Gasteiger partial charge in [0, 0.05) is 20.6 Å². The molecule has 0 aromatic carbocycles. The SMILES string of the molecule is COC1CC(OC(C)(C)OC)COC1O. The lowest BCUT2D eigenvalue weighted by Gasteiger charge is -2.36. The van der Waals surface area contributed by atoms with Crippen LogP contribution in [0.2, 0.25) is 0 Å². The summed E-state index contributed by atoms with van der Waals surface area (Å²) in [6.07, 6.45) is -0.713. The van der Waals surface area contributed by atoms with Gasteiger partial charge in [-0.1, -0.05) is 0 Å². The summed E-state index contributed by atoms with van der Waals surface area (Å²) in [5.41, 5.74) is 0. The van der Waals surface area contributed by atoms with Crippen molar-refractivity contribution in [2.45, 2.75) is 44.6 Å².